The topological polar surface area (TPSA) is 117 Å². The summed E-state index contributed by atoms with van der Waals surface area (Å²) in [6.45, 7) is -0.438. The van der Waals surface area contributed by atoms with E-state index in [4.69, 9.17) is 15.2 Å². The van der Waals surface area contributed by atoms with Crippen LogP contribution in [0.4, 0.5) is 9.59 Å². The Bertz CT molecular complexity index is 751. The minimum atomic E-state index is -1.25. The lowest BCUT2D eigenvalue weighted by atomic mass is 10.2. The normalized spacial score (nSPS) is 11.1. The first-order chi connectivity index (χ1) is 13.0. The summed E-state index contributed by atoms with van der Waals surface area (Å²) in [5.41, 5.74) is 6.47. The molecule has 0 saturated carbocycles. The third-order valence-electron chi connectivity index (χ3n) is 3.41. The van der Waals surface area contributed by atoms with E-state index in [9.17, 15) is 14.4 Å². The first kappa shape index (κ1) is 19.8. The van der Waals surface area contributed by atoms with Crippen LogP contribution < -0.4 is 11.1 Å². The van der Waals surface area contributed by atoms with E-state index in [0.29, 0.717) is 0 Å². The quantitative estimate of drug-likeness (QED) is 0.541. The van der Waals surface area contributed by atoms with Gasteiger partial charge in [-0.3, -0.25) is 0 Å². The predicted octanol–water partition coefficient (Wildman–Crippen LogP) is 2.12. The molecule has 2 aromatic rings. The lowest BCUT2D eigenvalue weighted by molar-refractivity contribution is -0.148. The lowest BCUT2D eigenvalue weighted by Crippen LogP contribution is -2.45. The number of benzene rings is 2. The molecule has 0 fully saturated rings. The number of alkyl carbamates (subject to hydrolysis) is 1. The van der Waals surface area contributed by atoms with Gasteiger partial charge in [0.2, 0.25) is 0 Å². The number of primary amides is 1. The number of hydrogen-bond acceptors (Lipinski definition) is 6. The minimum absolute atomic E-state index is 0.00743. The zero-order valence-electron chi connectivity index (χ0n) is 14.5. The molecule has 2 rings (SSSR count). The van der Waals surface area contributed by atoms with Crippen LogP contribution in [0.5, 0.6) is 0 Å². The standard InChI is InChI=1S/C19H20N2O6/c20-18(23)26-13-16(17(22)25-11-14-7-3-1-4-8-14)21-19(24)27-12-15-9-5-2-6-10-15/h1-10,16H,11-13H2,(H2,20,23)(H,21,24)/t16-/m0/s1. The van der Waals surface area contributed by atoms with Gasteiger partial charge >= 0.3 is 18.2 Å². The van der Waals surface area contributed by atoms with Crippen LogP contribution in [0, 0.1) is 0 Å². The van der Waals surface area contributed by atoms with E-state index in [1.807, 2.05) is 12.1 Å². The molecule has 0 aliphatic heterocycles. The molecule has 142 valence electrons. The Morgan fingerprint density at radius 3 is 1.85 bits per heavy atom. The van der Waals surface area contributed by atoms with Gasteiger partial charge in [-0.2, -0.15) is 0 Å². The molecule has 2 amide bonds. The lowest BCUT2D eigenvalue weighted by Gasteiger charge is -2.17. The highest BCUT2D eigenvalue weighted by atomic mass is 16.6. The maximum Gasteiger partial charge on any atom is 0.408 e. The highest BCUT2D eigenvalue weighted by Gasteiger charge is 2.24. The molecule has 1 atom stereocenters. The highest BCUT2D eigenvalue weighted by molar-refractivity contribution is 5.81. The average molecular weight is 372 g/mol. The molecule has 0 aromatic heterocycles. The summed E-state index contributed by atoms with van der Waals surface area (Å²) in [6, 6.07) is 16.8. The fourth-order valence-corrected chi connectivity index (χ4v) is 2.07. The van der Waals surface area contributed by atoms with Crippen molar-refractivity contribution in [1.82, 2.24) is 5.32 Å². The monoisotopic (exact) mass is 372 g/mol. The Morgan fingerprint density at radius 2 is 1.33 bits per heavy atom. The summed E-state index contributed by atoms with van der Waals surface area (Å²) in [7, 11) is 0. The summed E-state index contributed by atoms with van der Waals surface area (Å²) < 4.78 is 14.8. The number of ether oxygens (including phenoxy) is 3. The summed E-state index contributed by atoms with van der Waals surface area (Å²) in [6.07, 6.45) is -1.93. The van der Waals surface area contributed by atoms with Crippen LogP contribution in [0.1, 0.15) is 11.1 Å². The van der Waals surface area contributed by atoms with Crippen molar-refractivity contribution in [2.45, 2.75) is 19.3 Å². The van der Waals surface area contributed by atoms with Crippen molar-refractivity contribution < 1.29 is 28.6 Å². The van der Waals surface area contributed by atoms with Crippen molar-refractivity contribution in [3.63, 3.8) is 0 Å². The smallest absolute Gasteiger partial charge is 0.408 e. The second-order valence-electron chi connectivity index (χ2n) is 5.48. The Balaban J connectivity index is 1.88. The Labute approximate surface area is 156 Å². The summed E-state index contributed by atoms with van der Waals surface area (Å²) >= 11 is 0. The van der Waals surface area contributed by atoms with E-state index in [0.717, 1.165) is 11.1 Å². The number of amides is 2. The molecular weight excluding hydrogens is 352 g/mol. The molecule has 0 saturated heterocycles. The molecule has 0 aliphatic carbocycles. The van der Waals surface area contributed by atoms with Crippen molar-refractivity contribution in [3.05, 3.63) is 71.8 Å². The Morgan fingerprint density at radius 1 is 0.815 bits per heavy atom. The van der Waals surface area contributed by atoms with Crippen molar-refractivity contribution in [2.75, 3.05) is 6.61 Å². The number of carbonyl (C=O) groups is 3. The van der Waals surface area contributed by atoms with Crippen LogP contribution >= 0.6 is 0 Å². The van der Waals surface area contributed by atoms with Gasteiger partial charge in [0.1, 0.15) is 19.8 Å². The van der Waals surface area contributed by atoms with E-state index in [1.165, 1.54) is 0 Å². The van der Waals surface area contributed by atoms with Crippen LogP contribution in [0.2, 0.25) is 0 Å². The number of nitrogens with one attached hydrogen (secondary N) is 1. The van der Waals surface area contributed by atoms with Gasteiger partial charge < -0.3 is 25.3 Å². The zero-order chi connectivity index (χ0) is 19.5. The fourth-order valence-electron chi connectivity index (χ4n) is 2.07. The van der Waals surface area contributed by atoms with Gasteiger partial charge in [0.25, 0.3) is 0 Å². The van der Waals surface area contributed by atoms with Crippen molar-refractivity contribution >= 4 is 18.2 Å². The van der Waals surface area contributed by atoms with Crippen LogP contribution in [0.25, 0.3) is 0 Å². The van der Waals surface area contributed by atoms with E-state index >= 15 is 0 Å². The van der Waals surface area contributed by atoms with Crippen LogP contribution in [0.3, 0.4) is 0 Å². The van der Waals surface area contributed by atoms with Gasteiger partial charge in [0.15, 0.2) is 6.04 Å². The van der Waals surface area contributed by atoms with E-state index in [2.05, 4.69) is 10.1 Å². The third kappa shape index (κ3) is 7.47. The maximum absolute atomic E-state index is 12.2. The predicted molar refractivity (Wildman–Crippen MR) is 95.3 cm³/mol. The summed E-state index contributed by atoms with van der Waals surface area (Å²) in [5, 5.41) is 2.31. The summed E-state index contributed by atoms with van der Waals surface area (Å²) in [5.74, 6) is -0.781. The Kier molecular flexibility index (Phi) is 7.65. The van der Waals surface area contributed by atoms with Gasteiger partial charge in [0, 0.05) is 0 Å². The van der Waals surface area contributed by atoms with E-state index in [-0.39, 0.29) is 13.2 Å². The van der Waals surface area contributed by atoms with E-state index < -0.39 is 30.8 Å². The minimum Gasteiger partial charge on any atom is -0.459 e. The first-order valence-corrected chi connectivity index (χ1v) is 8.14. The molecule has 0 heterocycles. The number of carbonyl (C=O) groups excluding carboxylic acids is 3. The fraction of sp³-hybridized carbons (Fsp3) is 0.211. The molecule has 0 aliphatic rings. The van der Waals surface area contributed by atoms with Crippen LogP contribution in [0.15, 0.2) is 60.7 Å². The highest BCUT2D eigenvalue weighted by Crippen LogP contribution is 2.04. The van der Waals surface area contributed by atoms with Crippen molar-refractivity contribution in [3.8, 4) is 0 Å². The maximum atomic E-state index is 12.2. The Hall–Kier alpha value is -3.55. The van der Waals surface area contributed by atoms with Crippen molar-refractivity contribution in [2.24, 2.45) is 5.73 Å². The number of hydrogen-bond donors (Lipinski definition) is 2. The molecular formula is C19H20N2O6. The molecule has 27 heavy (non-hydrogen) atoms. The van der Waals surface area contributed by atoms with Crippen molar-refractivity contribution in [1.29, 1.82) is 0 Å². The van der Waals surface area contributed by atoms with Gasteiger partial charge in [-0.05, 0) is 11.1 Å². The first-order valence-electron chi connectivity index (χ1n) is 8.14. The number of esters is 1. The van der Waals surface area contributed by atoms with Crippen LogP contribution in [-0.2, 0) is 32.2 Å². The SMILES string of the molecule is NC(=O)OC[C@H](NC(=O)OCc1ccccc1)C(=O)OCc1ccccc1. The van der Waals surface area contributed by atoms with Gasteiger partial charge in [-0.15, -0.1) is 0 Å². The second-order valence-corrected chi connectivity index (χ2v) is 5.48. The third-order valence-corrected chi connectivity index (χ3v) is 3.41. The molecule has 2 aromatic carbocycles. The molecule has 0 unspecified atom stereocenters. The van der Waals surface area contributed by atoms with Gasteiger partial charge in [0.05, 0.1) is 0 Å². The molecule has 0 radical (unpaired) electrons. The van der Waals surface area contributed by atoms with E-state index in [1.54, 1.807) is 48.5 Å². The van der Waals surface area contributed by atoms with Gasteiger partial charge in [-0.1, -0.05) is 60.7 Å². The molecule has 0 spiro atoms. The molecule has 3 N–H and O–H groups in total. The molecule has 8 heteroatoms. The number of nitrogens with two attached hydrogens (primary N) is 1. The zero-order valence-corrected chi connectivity index (χ0v) is 14.5. The number of rotatable bonds is 8. The molecule has 0 bridgehead atoms. The molecule has 8 nitrogen and oxygen atoms in total. The van der Waals surface area contributed by atoms with Gasteiger partial charge in [-0.25, -0.2) is 14.4 Å². The second kappa shape index (κ2) is 10.4. The summed E-state index contributed by atoms with van der Waals surface area (Å²) in [4.78, 5) is 35.0. The van der Waals surface area contributed by atoms with Crippen LogP contribution in [-0.4, -0.2) is 30.8 Å². The average Bonchev–Trinajstić information content (AvgIpc) is 2.69. The largest absolute Gasteiger partial charge is 0.459 e.